The average Bonchev–Trinajstić information content (AvgIpc) is 3.02. The molecular formula is C38H68O5. The lowest BCUT2D eigenvalue weighted by Crippen LogP contribution is -2.09. The summed E-state index contributed by atoms with van der Waals surface area (Å²) in [4.78, 5) is 12.5. The van der Waals surface area contributed by atoms with Gasteiger partial charge in [-0.15, -0.1) is 0 Å². The molecule has 0 N–H and O–H groups in total. The van der Waals surface area contributed by atoms with Crippen molar-refractivity contribution in [2.75, 3.05) is 26.9 Å². The highest BCUT2D eigenvalue weighted by Gasteiger charge is 2.19. The van der Waals surface area contributed by atoms with Gasteiger partial charge in [0, 0.05) is 0 Å². The number of carbonyl (C=O) groups excluding carboxylic acids is 1. The van der Waals surface area contributed by atoms with Crippen LogP contribution < -0.4 is 14.2 Å². The molecule has 0 spiro atoms. The number of unbranched alkanes of at least 4 members (excludes halogenated alkanes) is 21. The Kier molecular flexibility index (Phi) is 26.2. The minimum absolute atomic E-state index is 0.386. The molecular weight excluding hydrogens is 536 g/mol. The van der Waals surface area contributed by atoms with Crippen LogP contribution in [0.4, 0.5) is 0 Å². The van der Waals surface area contributed by atoms with E-state index in [4.69, 9.17) is 18.9 Å². The van der Waals surface area contributed by atoms with Gasteiger partial charge in [-0.25, -0.2) is 4.79 Å². The summed E-state index contributed by atoms with van der Waals surface area (Å²) in [5, 5.41) is 0. The molecule has 1 aromatic carbocycles. The molecule has 0 unspecified atom stereocenters. The molecule has 0 atom stereocenters. The van der Waals surface area contributed by atoms with Crippen LogP contribution in [0.5, 0.6) is 17.2 Å². The quantitative estimate of drug-likeness (QED) is 0.0623. The number of benzene rings is 1. The molecule has 0 saturated heterocycles. The van der Waals surface area contributed by atoms with Crippen LogP contribution in [0.25, 0.3) is 0 Å². The van der Waals surface area contributed by atoms with Crippen molar-refractivity contribution < 1.29 is 23.7 Å². The Labute approximate surface area is 266 Å². The second kappa shape index (κ2) is 28.8. The third-order valence-electron chi connectivity index (χ3n) is 8.20. The lowest BCUT2D eigenvalue weighted by atomic mass is 10.1. The van der Waals surface area contributed by atoms with E-state index in [9.17, 15) is 4.79 Å². The monoisotopic (exact) mass is 605 g/mol. The fourth-order valence-corrected chi connectivity index (χ4v) is 5.42. The molecule has 0 bridgehead atoms. The van der Waals surface area contributed by atoms with Gasteiger partial charge in [-0.1, -0.05) is 156 Å². The minimum atomic E-state index is -0.386. The zero-order valence-electron chi connectivity index (χ0n) is 28.8. The maximum Gasteiger partial charge on any atom is 0.338 e. The molecule has 0 aromatic heterocycles. The SMILES string of the molecule is CCCCCCCCCCOc1cc(C(=O)OC)cc(OCCCCCCCCCC)c1OCCCCCCCCCC. The van der Waals surface area contributed by atoms with E-state index in [1.807, 2.05) is 0 Å². The highest BCUT2D eigenvalue weighted by molar-refractivity contribution is 5.91. The molecule has 5 heteroatoms. The molecule has 0 saturated carbocycles. The second-order valence-electron chi connectivity index (χ2n) is 12.3. The molecule has 43 heavy (non-hydrogen) atoms. The Balaban J connectivity index is 2.75. The predicted molar refractivity (Wildman–Crippen MR) is 182 cm³/mol. The van der Waals surface area contributed by atoms with Crippen molar-refractivity contribution in [3.8, 4) is 17.2 Å². The van der Waals surface area contributed by atoms with E-state index in [0.717, 1.165) is 38.5 Å². The van der Waals surface area contributed by atoms with Gasteiger partial charge in [-0.3, -0.25) is 0 Å². The first-order valence-corrected chi connectivity index (χ1v) is 18.3. The van der Waals surface area contributed by atoms with Gasteiger partial charge in [-0.05, 0) is 31.4 Å². The Morgan fingerprint density at radius 1 is 0.465 bits per heavy atom. The fraction of sp³-hybridized carbons (Fsp3) is 0.816. The summed E-state index contributed by atoms with van der Waals surface area (Å²) in [6.45, 7) is 8.60. The summed E-state index contributed by atoms with van der Waals surface area (Å²) in [6, 6.07) is 3.53. The van der Waals surface area contributed by atoms with E-state index in [2.05, 4.69) is 20.8 Å². The van der Waals surface area contributed by atoms with Crippen LogP contribution >= 0.6 is 0 Å². The van der Waals surface area contributed by atoms with Crippen LogP contribution in [0.3, 0.4) is 0 Å². The van der Waals surface area contributed by atoms with Gasteiger partial charge in [0.15, 0.2) is 11.5 Å². The van der Waals surface area contributed by atoms with Crippen LogP contribution in [0.2, 0.25) is 0 Å². The van der Waals surface area contributed by atoms with Gasteiger partial charge in [0.1, 0.15) is 0 Å². The van der Waals surface area contributed by atoms with Gasteiger partial charge in [0.25, 0.3) is 0 Å². The molecule has 0 aliphatic rings. The van der Waals surface area contributed by atoms with Crippen LogP contribution in [0, 0.1) is 0 Å². The normalized spacial score (nSPS) is 11.1. The van der Waals surface area contributed by atoms with Gasteiger partial charge in [-0.2, -0.15) is 0 Å². The molecule has 0 fully saturated rings. The first-order valence-electron chi connectivity index (χ1n) is 18.3. The van der Waals surface area contributed by atoms with Crippen molar-refractivity contribution in [3.63, 3.8) is 0 Å². The number of carbonyl (C=O) groups is 1. The predicted octanol–water partition coefficient (Wildman–Crippen LogP) is 12.0. The van der Waals surface area contributed by atoms with Crippen LogP contribution in [-0.2, 0) is 4.74 Å². The number of esters is 1. The third-order valence-corrected chi connectivity index (χ3v) is 8.20. The van der Waals surface area contributed by atoms with E-state index in [1.165, 1.54) is 123 Å². The van der Waals surface area contributed by atoms with E-state index in [-0.39, 0.29) is 5.97 Å². The molecule has 0 aliphatic carbocycles. The molecule has 250 valence electrons. The Morgan fingerprint density at radius 2 is 0.767 bits per heavy atom. The number of rotatable bonds is 31. The smallest absolute Gasteiger partial charge is 0.338 e. The van der Waals surface area contributed by atoms with E-state index < -0.39 is 0 Å². The van der Waals surface area contributed by atoms with Crippen molar-refractivity contribution >= 4 is 5.97 Å². The molecule has 5 nitrogen and oxygen atoms in total. The first-order chi connectivity index (χ1) is 21.2. The van der Waals surface area contributed by atoms with Crippen LogP contribution in [0.1, 0.15) is 185 Å². The zero-order valence-corrected chi connectivity index (χ0v) is 28.8. The van der Waals surface area contributed by atoms with Gasteiger partial charge < -0.3 is 18.9 Å². The largest absolute Gasteiger partial charge is 0.490 e. The topological polar surface area (TPSA) is 54.0 Å². The highest BCUT2D eigenvalue weighted by atomic mass is 16.5. The average molecular weight is 605 g/mol. The summed E-state index contributed by atoms with van der Waals surface area (Å²) in [5.74, 6) is 1.44. The molecule has 0 aliphatic heterocycles. The summed E-state index contributed by atoms with van der Waals surface area (Å²) in [6.07, 6.45) is 29.9. The minimum Gasteiger partial charge on any atom is -0.490 e. The fourth-order valence-electron chi connectivity index (χ4n) is 5.42. The maximum absolute atomic E-state index is 12.5. The van der Waals surface area contributed by atoms with E-state index in [1.54, 1.807) is 12.1 Å². The van der Waals surface area contributed by atoms with Gasteiger partial charge in [0.2, 0.25) is 5.75 Å². The van der Waals surface area contributed by atoms with E-state index >= 15 is 0 Å². The van der Waals surface area contributed by atoms with Crippen molar-refractivity contribution in [3.05, 3.63) is 17.7 Å². The Bertz CT molecular complexity index is 735. The Morgan fingerprint density at radius 3 is 1.09 bits per heavy atom. The van der Waals surface area contributed by atoms with Crippen LogP contribution in [0.15, 0.2) is 12.1 Å². The Hall–Kier alpha value is -1.91. The summed E-state index contributed by atoms with van der Waals surface area (Å²) < 4.78 is 23.9. The number of hydrogen-bond acceptors (Lipinski definition) is 5. The van der Waals surface area contributed by atoms with Crippen molar-refractivity contribution in [2.45, 2.75) is 175 Å². The van der Waals surface area contributed by atoms with Crippen molar-refractivity contribution in [1.82, 2.24) is 0 Å². The number of ether oxygens (including phenoxy) is 4. The third kappa shape index (κ3) is 20.6. The summed E-state index contributed by atoms with van der Waals surface area (Å²) in [5.41, 5.74) is 0.443. The first kappa shape index (κ1) is 39.1. The molecule has 1 rings (SSSR count). The molecule has 1 aromatic rings. The second-order valence-corrected chi connectivity index (χ2v) is 12.3. The van der Waals surface area contributed by atoms with E-state index in [0.29, 0.717) is 42.6 Å². The van der Waals surface area contributed by atoms with Crippen molar-refractivity contribution in [1.29, 1.82) is 0 Å². The summed E-state index contributed by atoms with van der Waals surface area (Å²) in [7, 11) is 1.41. The molecule has 0 heterocycles. The number of hydrogen-bond donors (Lipinski definition) is 0. The number of methoxy groups -OCH3 is 1. The zero-order chi connectivity index (χ0) is 31.2. The van der Waals surface area contributed by atoms with Gasteiger partial charge in [0.05, 0.1) is 32.5 Å². The standard InChI is InChI=1S/C38H68O5/c1-5-8-11-14-17-20-23-26-29-41-35-32-34(38(39)40-4)33-36(42-30-27-24-21-18-15-12-9-6-2)37(35)43-31-28-25-22-19-16-13-10-7-3/h32-33H,5-31H2,1-4H3. The lowest BCUT2D eigenvalue weighted by Gasteiger charge is -2.18. The molecule has 0 amide bonds. The van der Waals surface area contributed by atoms with Crippen LogP contribution in [-0.4, -0.2) is 32.9 Å². The van der Waals surface area contributed by atoms with Gasteiger partial charge >= 0.3 is 5.97 Å². The lowest BCUT2D eigenvalue weighted by molar-refractivity contribution is 0.0599. The highest BCUT2D eigenvalue weighted by Crippen LogP contribution is 2.40. The summed E-state index contributed by atoms with van der Waals surface area (Å²) >= 11 is 0. The molecule has 0 radical (unpaired) electrons. The van der Waals surface area contributed by atoms with Crippen molar-refractivity contribution in [2.24, 2.45) is 0 Å². The maximum atomic E-state index is 12.5.